The maximum absolute atomic E-state index is 10.2. The summed E-state index contributed by atoms with van der Waals surface area (Å²) in [7, 11) is 0. The third kappa shape index (κ3) is 3.30. The third-order valence-electron chi connectivity index (χ3n) is 2.97. The van der Waals surface area contributed by atoms with Crippen molar-refractivity contribution in [2.75, 3.05) is 0 Å². The Bertz CT molecular complexity index is 607. The van der Waals surface area contributed by atoms with Gasteiger partial charge in [0, 0.05) is 18.9 Å². The van der Waals surface area contributed by atoms with Gasteiger partial charge in [-0.25, -0.2) is 0 Å². The summed E-state index contributed by atoms with van der Waals surface area (Å²) in [6, 6.07) is 14.7. The van der Waals surface area contributed by atoms with Crippen molar-refractivity contribution in [1.82, 2.24) is 4.57 Å². The first-order valence-corrected chi connectivity index (χ1v) is 6.04. The molecule has 2 N–H and O–H groups in total. The second-order valence-electron chi connectivity index (χ2n) is 4.37. The summed E-state index contributed by atoms with van der Waals surface area (Å²) < 4.78 is 1.77. The Balaban J connectivity index is 2.14. The Morgan fingerprint density at radius 3 is 2.37 bits per heavy atom. The van der Waals surface area contributed by atoms with Crippen LogP contribution in [0.15, 0.2) is 54.9 Å². The van der Waals surface area contributed by atoms with Crippen LogP contribution in [0, 0.1) is 16.7 Å². The number of nitrogens with one attached hydrogen (secondary N) is 1. The average Bonchev–Trinajstić information content (AvgIpc) is 2.43. The number of hydrogen-bond acceptors (Lipinski definition) is 3. The monoisotopic (exact) mass is 253 g/mol. The van der Waals surface area contributed by atoms with Crippen LogP contribution in [0.1, 0.15) is 11.5 Å². The second kappa shape index (κ2) is 5.98. The summed E-state index contributed by atoms with van der Waals surface area (Å²) >= 11 is 0. The predicted molar refractivity (Wildman–Crippen MR) is 71.1 cm³/mol. The van der Waals surface area contributed by atoms with Crippen molar-refractivity contribution in [3.05, 3.63) is 65.8 Å². The molecule has 2 rings (SSSR count). The highest BCUT2D eigenvalue weighted by Crippen LogP contribution is 2.19. The molecule has 4 nitrogen and oxygen atoms in total. The van der Waals surface area contributed by atoms with Gasteiger partial charge in [-0.2, -0.15) is 5.26 Å². The van der Waals surface area contributed by atoms with E-state index in [1.807, 2.05) is 30.3 Å². The van der Waals surface area contributed by atoms with Crippen molar-refractivity contribution in [3.63, 3.8) is 0 Å². The topological polar surface area (TPSA) is 72.8 Å². The van der Waals surface area contributed by atoms with E-state index in [2.05, 4.69) is 6.07 Å². The summed E-state index contributed by atoms with van der Waals surface area (Å²) in [6.07, 6.45) is 2.67. The Morgan fingerprint density at radius 2 is 1.79 bits per heavy atom. The van der Waals surface area contributed by atoms with Gasteiger partial charge in [-0.3, -0.25) is 0 Å². The molecule has 96 valence electrons. The molecule has 0 amide bonds. The van der Waals surface area contributed by atoms with E-state index in [0.29, 0.717) is 11.9 Å². The van der Waals surface area contributed by atoms with E-state index in [1.54, 1.807) is 29.1 Å². The lowest BCUT2D eigenvalue weighted by Gasteiger charge is -2.18. The normalized spacial score (nSPS) is 13.5. The number of pyridine rings is 1. The molecule has 19 heavy (non-hydrogen) atoms. The molecule has 0 aliphatic carbocycles. The molecular formula is C15H15N3O. The molecule has 0 aliphatic heterocycles. The Morgan fingerprint density at radius 1 is 1.16 bits per heavy atom. The van der Waals surface area contributed by atoms with Crippen LogP contribution in [0.3, 0.4) is 0 Å². The molecule has 1 heterocycles. The number of aliphatic hydroxyl groups is 1. The molecular weight excluding hydrogens is 238 g/mol. The van der Waals surface area contributed by atoms with Gasteiger partial charge in [0.1, 0.15) is 0 Å². The molecule has 1 aromatic heterocycles. The highest BCUT2D eigenvalue weighted by Gasteiger charge is 2.20. The molecule has 2 atom stereocenters. The van der Waals surface area contributed by atoms with Gasteiger partial charge in [-0.1, -0.05) is 30.3 Å². The fourth-order valence-corrected chi connectivity index (χ4v) is 1.94. The number of rotatable bonds is 4. The number of nitrogens with zero attached hydrogens (tertiary/aromatic N) is 2. The van der Waals surface area contributed by atoms with E-state index in [4.69, 9.17) is 5.41 Å². The van der Waals surface area contributed by atoms with E-state index >= 15 is 0 Å². The molecule has 0 bridgehead atoms. The maximum atomic E-state index is 10.2. The number of nitriles is 1. The lowest BCUT2D eigenvalue weighted by atomic mass is 9.95. The molecule has 0 saturated heterocycles. The molecule has 1 aromatic carbocycles. The van der Waals surface area contributed by atoms with Crippen LogP contribution in [0.2, 0.25) is 0 Å². The summed E-state index contributed by atoms with van der Waals surface area (Å²) in [5.74, 6) is -0.552. The van der Waals surface area contributed by atoms with Gasteiger partial charge in [0.2, 0.25) is 0 Å². The lowest BCUT2D eigenvalue weighted by Crippen LogP contribution is -2.23. The average molecular weight is 253 g/mol. The number of hydrogen-bond donors (Lipinski definition) is 2. The Hall–Kier alpha value is -2.38. The van der Waals surface area contributed by atoms with Crippen molar-refractivity contribution < 1.29 is 5.11 Å². The van der Waals surface area contributed by atoms with Gasteiger partial charge in [0.15, 0.2) is 0 Å². The first-order valence-electron chi connectivity index (χ1n) is 6.04. The smallest absolute Gasteiger partial charge is 0.0989 e. The first kappa shape index (κ1) is 13.1. The fourth-order valence-electron chi connectivity index (χ4n) is 1.94. The van der Waals surface area contributed by atoms with Gasteiger partial charge >= 0.3 is 0 Å². The van der Waals surface area contributed by atoms with Crippen LogP contribution in [-0.2, 0) is 6.54 Å². The largest absolute Gasteiger partial charge is 0.390 e. The van der Waals surface area contributed by atoms with Gasteiger partial charge in [0.05, 0.1) is 23.4 Å². The Labute approximate surface area is 111 Å². The highest BCUT2D eigenvalue weighted by molar-refractivity contribution is 5.26. The SMILES string of the molecule is N#C[C@@H](c1ccccc1)[C@H](O)Cn1ccc(=N)cc1. The van der Waals surface area contributed by atoms with E-state index in [1.165, 1.54) is 0 Å². The molecule has 0 spiro atoms. The molecule has 0 aliphatic rings. The van der Waals surface area contributed by atoms with Gasteiger partial charge in [-0.05, 0) is 17.7 Å². The molecule has 0 unspecified atom stereocenters. The third-order valence-corrected chi connectivity index (χ3v) is 2.97. The van der Waals surface area contributed by atoms with Crippen molar-refractivity contribution in [2.45, 2.75) is 18.6 Å². The van der Waals surface area contributed by atoms with Crippen molar-refractivity contribution in [2.24, 2.45) is 0 Å². The van der Waals surface area contributed by atoms with Crippen LogP contribution in [0.25, 0.3) is 0 Å². The summed E-state index contributed by atoms with van der Waals surface area (Å²) in [5.41, 5.74) is 0.815. The number of aromatic nitrogens is 1. The summed E-state index contributed by atoms with van der Waals surface area (Å²) in [4.78, 5) is 0. The highest BCUT2D eigenvalue weighted by atomic mass is 16.3. The van der Waals surface area contributed by atoms with Crippen molar-refractivity contribution >= 4 is 0 Å². The fraction of sp³-hybridized carbons (Fsp3) is 0.200. The van der Waals surface area contributed by atoms with Crippen LogP contribution < -0.4 is 5.36 Å². The molecule has 0 saturated carbocycles. The van der Waals surface area contributed by atoms with Crippen molar-refractivity contribution in [1.29, 1.82) is 10.7 Å². The van der Waals surface area contributed by atoms with E-state index in [9.17, 15) is 10.4 Å². The zero-order valence-electron chi connectivity index (χ0n) is 10.4. The lowest BCUT2D eigenvalue weighted by molar-refractivity contribution is 0.141. The van der Waals surface area contributed by atoms with Crippen molar-refractivity contribution in [3.8, 4) is 6.07 Å². The van der Waals surface area contributed by atoms with Crippen LogP contribution >= 0.6 is 0 Å². The standard InChI is InChI=1S/C15H15N3O/c16-10-14(12-4-2-1-3-5-12)15(19)11-18-8-6-13(17)7-9-18/h1-9,14-15,17,19H,11H2/t14-,15+/m0/s1. The van der Waals surface area contributed by atoms with Crippen LogP contribution in [-0.4, -0.2) is 15.8 Å². The zero-order chi connectivity index (χ0) is 13.7. The summed E-state index contributed by atoms with van der Waals surface area (Å²) in [5, 5.41) is 27.2. The van der Waals surface area contributed by atoms with Crippen LogP contribution in [0.4, 0.5) is 0 Å². The molecule has 0 radical (unpaired) electrons. The molecule has 4 heteroatoms. The van der Waals surface area contributed by atoms with E-state index < -0.39 is 12.0 Å². The van der Waals surface area contributed by atoms with Gasteiger partial charge in [0.25, 0.3) is 0 Å². The van der Waals surface area contributed by atoms with E-state index in [-0.39, 0.29) is 0 Å². The number of benzene rings is 1. The van der Waals surface area contributed by atoms with E-state index in [0.717, 1.165) is 5.56 Å². The second-order valence-corrected chi connectivity index (χ2v) is 4.37. The molecule has 2 aromatic rings. The first-order chi connectivity index (χ1) is 9.20. The maximum Gasteiger partial charge on any atom is 0.0989 e. The van der Waals surface area contributed by atoms with Gasteiger partial charge in [-0.15, -0.1) is 0 Å². The minimum absolute atomic E-state index is 0.327. The quantitative estimate of drug-likeness (QED) is 0.869. The predicted octanol–water partition coefficient (Wildman–Crippen LogP) is 1.64. The molecule has 0 fully saturated rings. The minimum atomic E-state index is -0.783. The minimum Gasteiger partial charge on any atom is -0.390 e. The van der Waals surface area contributed by atoms with Crippen LogP contribution in [0.5, 0.6) is 0 Å². The summed E-state index contributed by atoms with van der Waals surface area (Å²) in [6.45, 7) is 0.327. The number of aliphatic hydroxyl groups excluding tert-OH is 1. The zero-order valence-corrected chi connectivity index (χ0v) is 10.4. The van der Waals surface area contributed by atoms with Gasteiger partial charge < -0.3 is 15.1 Å². The Kier molecular flexibility index (Phi) is 4.11.